The van der Waals surface area contributed by atoms with Crippen LogP contribution in [0.3, 0.4) is 0 Å². The van der Waals surface area contributed by atoms with Crippen LogP contribution in [-0.2, 0) is 4.74 Å². The van der Waals surface area contributed by atoms with Crippen LogP contribution in [0.2, 0.25) is 5.15 Å². The van der Waals surface area contributed by atoms with Crippen LogP contribution in [-0.4, -0.2) is 35.1 Å². The third-order valence-corrected chi connectivity index (χ3v) is 3.43. The van der Waals surface area contributed by atoms with Crippen molar-refractivity contribution in [2.45, 2.75) is 18.9 Å². The third kappa shape index (κ3) is 1.93. The molecular weight excluding hydrogens is 254 g/mol. The van der Waals surface area contributed by atoms with Gasteiger partial charge in [0, 0.05) is 13.2 Å². The highest BCUT2D eigenvalue weighted by molar-refractivity contribution is 6.29. The van der Waals surface area contributed by atoms with Crippen molar-refractivity contribution in [3.63, 3.8) is 0 Å². The normalized spacial score (nSPS) is 17.2. The summed E-state index contributed by atoms with van der Waals surface area (Å²) >= 11 is 5.96. The van der Waals surface area contributed by atoms with Gasteiger partial charge >= 0.3 is 0 Å². The van der Waals surface area contributed by atoms with Crippen LogP contribution in [0.5, 0.6) is 5.88 Å². The Morgan fingerprint density at radius 1 is 1.39 bits per heavy atom. The molecule has 1 fully saturated rings. The van der Waals surface area contributed by atoms with Gasteiger partial charge in [-0.05, 0) is 25.0 Å². The van der Waals surface area contributed by atoms with E-state index in [2.05, 4.69) is 10.1 Å². The van der Waals surface area contributed by atoms with Crippen LogP contribution < -0.4 is 4.74 Å². The van der Waals surface area contributed by atoms with E-state index in [0.29, 0.717) is 17.1 Å². The third-order valence-electron chi connectivity index (χ3n) is 3.22. The molecule has 1 saturated heterocycles. The highest BCUT2D eigenvalue weighted by Crippen LogP contribution is 2.30. The van der Waals surface area contributed by atoms with Gasteiger partial charge in [-0.25, -0.2) is 9.67 Å². The summed E-state index contributed by atoms with van der Waals surface area (Å²) in [6, 6.07) is 3.95. The maximum atomic E-state index is 5.96. The van der Waals surface area contributed by atoms with Gasteiger partial charge < -0.3 is 9.47 Å². The second-order valence-corrected chi connectivity index (χ2v) is 4.69. The predicted octanol–water partition coefficient (Wildman–Crippen LogP) is 2.44. The smallest absolute Gasteiger partial charge is 0.242 e. The fourth-order valence-electron chi connectivity index (χ4n) is 2.30. The summed E-state index contributed by atoms with van der Waals surface area (Å²) in [5, 5.41) is 5.86. The zero-order valence-corrected chi connectivity index (χ0v) is 10.9. The molecule has 1 aliphatic heterocycles. The lowest BCUT2D eigenvalue weighted by atomic mass is 10.1. The van der Waals surface area contributed by atoms with E-state index in [-0.39, 0.29) is 0 Å². The molecule has 3 heterocycles. The molecular formula is C12H14ClN3O2. The molecule has 2 aromatic heterocycles. The minimum atomic E-state index is 0.302. The van der Waals surface area contributed by atoms with Crippen molar-refractivity contribution in [1.29, 1.82) is 0 Å². The van der Waals surface area contributed by atoms with E-state index in [1.54, 1.807) is 13.2 Å². The average molecular weight is 268 g/mol. The molecule has 0 atom stereocenters. The first-order valence-electron chi connectivity index (χ1n) is 5.96. The first-order chi connectivity index (χ1) is 8.79. The number of halogens is 1. The second kappa shape index (κ2) is 4.74. The van der Waals surface area contributed by atoms with E-state index >= 15 is 0 Å². The van der Waals surface area contributed by atoms with Crippen molar-refractivity contribution < 1.29 is 9.47 Å². The number of hydrogen-bond acceptors (Lipinski definition) is 4. The zero-order valence-electron chi connectivity index (χ0n) is 10.1. The lowest BCUT2D eigenvalue weighted by Crippen LogP contribution is -2.20. The van der Waals surface area contributed by atoms with Gasteiger partial charge in [-0.1, -0.05) is 11.6 Å². The lowest BCUT2D eigenvalue weighted by molar-refractivity contribution is 0.0670. The summed E-state index contributed by atoms with van der Waals surface area (Å²) in [5.74, 6) is 0.598. The van der Waals surface area contributed by atoms with E-state index < -0.39 is 0 Å². The van der Waals surface area contributed by atoms with Gasteiger partial charge in [-0.3, -0.25) is 0 Å². The molecule has 0 N–H and O–H groups in total. The van der Waals surface area contributed by atoms with Gasteiger partial charge in [-0.2, -0.15) is 0 Å². The topological polar surface area (TPSA) is 49.2 Å². The summed E-state index contributed by atoms with van der Waals surface area (Å²) in [6.45, 7) is 1.52. The molecule has 6 heteroatoms. The first kappa shape index (κ1) is 11.7. The van der Waals surface area contributed by atoms with Crippen LogP contribution in [0.15, 0.2) is 12.1 Å². The Morgan fingerprint density at radius 3 is 2.89 bits per heavy atom. The molecule has 5 nitrogen and oxygen atoms in total. The number of nitrogens with zero attached hydrogens (tertiary/aromatic N) is 3. The van der Waals surface area contributed by atoms with E-state index in [1.807, 2.05) is 10.7 Å². The van der Waals surface area contributed by atoms with E-state index in [0.717, 1.165) is 37.1 Å². The van der Waals surface area contributed by atoms with Crippen molar-refractivity contribution in [2.75, 3.05) is 20.3 Å². The summed E-state index contributed by atoms with van der Waals surface area (Å²) < 4.78 is 12.6. The van der Waals surface area contributed by atoms with Crippen LogP contribution in [0, 0.1) is 0 Å². The molecule has 0 unspecified atom stereocenters. The van der Waals surface area contributed by atoms with Gasteiger partial charge in [0.05, 0.1) is 18.5 Å². The molecule has 0 aliphatic carbocycles. The van der Waals surface area contributed by atoms with Gasteiger partial charge in [0.2, 0.25) is 5.88 Å². The average Bonchev–Trinajstić information content (AvgIpc) is 2.77. The summed E-state index contributed by atoms with van der Waals surface area (Å²) in [7, 11) is 1.62. The van der Waals surface area contributed by atoms with Gasteiger partial charge in [0.1, 0.15) is 5.15 Å². The summed E-state index contributed by atoms with van der Waals surface area (Å²) in [6.07, 6.45) is 1.88. The quantitative estimate of drug-likeness (QED) is 0.784. The number of aromatic nitrogens is 3. The SMILES string of the molecule is COc1nn(C2CCOCC2)c2nc(Cl)ccc12. The van der Waals surface area contributed by atoms with E-state index in [4.69, 9.17) is 21.1 Å². The van der Waals surface area contributed by atoms with Crippen LogP contribution >= 0.6 is 11.6 Å². The van der Waals surface area contributed by atoms with Crippen molar-refractivity contribution >= 4 is 22.6 Å². The Labute approximate surface area is 110 Å². The monoisotopic (exact) mass is 267 g/mol. The molecule has 96 valence electrons. The Hall–Kier alpha value is -1.33. The predicted molar refractivity (Wildman–Crippen MR) is 68.2 cm³/mol. The fourth-order valence-corrected chi connectivity index (χ4v) is 2.44. The van der Waals surface area contributed by atoms with Crippen LogP contribution in [0.1, 0.15) is 18.9 Å². The van der Waals surface area contributed by atoms with Gasteiger partial charge in [0.25, 0.3) is 0 Å². The highest BCUT2D eigenvalue weighted by atomic mass is 35.5. The molecule has 0 amide bonds. The minimum absolute atomic E-state index is 0.302. The minimum Gasteiger partial charge on any atom is -0.479 e. The van der Waals surface area contributed by atoms with E-state index in [9.17, 15) is 0 Å². The van der Waals surface area contributed by atoms with Crippen LogP contribution in [0.25, 0.3) is 11.0 Å². The Morgan fingerprint density at radius 2 is 2.17 bits per heavy atom. The largest absolute Gasteiger partial charge is 0.479 e. The molecule has 0 radical (unpaired) electrons. The molecule has 3 rings (SSSR count). The highest BCUT2D eigenvalue weighted by Gasteiger charge is 2.22. The van der Waals surface area contributed by atoms with Gasteiger partial charge in [-0.15, -0.1) is 5.10 Å². The Kier molecular flexibility index (Phi) is 3.09. The lowest BCUT2D eigenvalue weighted by Gasteiger charge is -2.22. The number of ether oxygens (including phenoxy) is 2. The number of hydrogen-bond donors (Lipinski definition) is 0. The van der Waals surface area contributed by atoms with Crippen molar-refractivity contribution in [1.82, 2.24) is 14.8 Å². The van der Waals surface area contributed by atoms with Crippen molar-refractivity contribution in [2.24, 2.45) is 0 Å². The molecule has 18 heavy (non-hydrogen) atoms. The summed E-state index contributed by atoms with van der Waals surface area (Å²) in [4.78, 5) is 4.36. The molecule has 0 aromatic carbocycles. The fraction of sp³-hybridized carbons (Fsp3) is 0.500. The molecule has 2 aromatic rings. The molecule has 0 saturated carbocycles. The number of fused-ring (bicyclic) bond motifs is 1. The van der Waals surface area contributed by atoms with Gasteiger partial charge in [0.15, 0.2) is 5.65 Å². The van der Waals surface area contributed by atoms with Crippen LogP contribution in [0.4, 0.5) is 0 Å². The Balaban J connectivity index is 2.12. The number of methoxy groups -OCH3 is 1. The maximum absolute atomic E-state index is 5.96. The number of rotatable bonds is 2. The van der Waals surface area contributed by atoms with Crippen molar-refractivity contribution in [3.8, 4) is 5.88 Å². The first-order valence-corrected chi connectivity index (χ1v) is 6.34. The molecule has 0 spiro atoms. The maximum Gasteiger partial charge on any atom is 0.242 e. The Bertz CT molecular complexity index is 564. The zero-order chi connectivity index (χ0) is 12.5. The number of pyridine rings is 1. The molecule has 0 bridgehead atoms. The van der Waals surface area contributed by atoms with E-state index in [1.165, 1.54) is 0 Å². The van der Waals surface area contributed by atoms with Crippen molar-refractivity contribution in [3.05, 3.63) is 17.3 Å². The standard InChI is InChI=1S/C12H14ClN3O2/c1-17-12-9-2-3-10(13)14-11(9)16(15-12)8-4-6-18-7-5-8/h2-3,8H,4-7H2,1H3. The summed E-state index contributed by atoms with van der Waals surface area (Å²) in [5.41, 5.74) is 0.784. The molecule has 1 aliphatic rings. The second-order valence-electron chi connectivity index (χ2n) is 4.30.